The number of benzene rings is 1. The van der Waals surface area contributed by atoms with E-state index < -0.39 is 0 Å². The lowest BCUT2D eigenvalue weighted by molar-refractivity contribution is 0.121. The van der Waals surface area contributed by atoms with E-state index >= 15 is 0 Å². The van der Waals surface area contributed by atoms with E-state index in [9.17, 15) is 0 Å². The van der Waals surface area contributed by atoms with Gasteiger partial charge in [0.05, 0.1) is 7.11 Å². The normalized spacial score (nSPS) is 25.1. The van der Waals surface area contributed by atoms with Crippen LogP contribution in [0.2, 0.25) is 0 Å². The zero-order valence-electron chi connectivity index (χ0n) is 12.7. The molecule has 1 saturated heterocycles. The van der Waals surface area contributed by atoms with Gasteiger partial charge in [0.15, 0.2) is 5.11 Å². The van der Waals surface area contributed by atoms with Crippen molar-refractivity contribution in [1.82, 2.24) is 4.90 Å². The van der Waals surface area contributed by atoms with Crippen molar-refractivity contribution in [3.05, 3.63) is 24.3 Å². The number of likely N-dealkylation sites (tertiary alicyclic amines) is 1. The summed E-state index contributed by atoms with van der Waals surface area (Å²) in [6.45, 7) is 1.09. The van der Waals surface area contributed by atoms with Crippen LogP contribution in [0.5, 0.6) is 5.75 Å². The lowest BCUT2D eigenvalue weighted by atomic mass is 9.78. The smallest absolute Gasteiger partial charge is 0.173 e. The number of thiocarbonyl (C=S) groups is 1. The largest absolute Gasteiger partial charge is 0.497 e. The fourth-order valence-electron chi connectivity index (χ4n) is 3.77. The second kappa shape index (κ2) is 6.65. The van der Waals surface area contributed by atoms with Crippen LogP contribution in [0, 0.1) is 5.92 Å². The van der Waals surface area contributed by atoms with Gasteiger partial charge < -0.3 is 15.0 Å². The third-order valence-corrected chi connectivity index (χ3v) is 5.16. The zero-order valence-corrected chi connectivity index (χ0v) is 13.5. The Morgan fingerprint density at radius 1 is 1.24 bits per heavy atom. The lowest BCUT2D eigenvalue weighted by Crippen LogP contribution is -2.51. The van der Waals surface area contributed by atoms with Crippen molar-refractivity contribution in [1.29, 1.82) is 0 Å². The Morgan fingerprint density at radius 2 is 2.05 bits per heavy atom. The van der Waals surface area contributed by atoms with Crippen molar-refractivity contribution in [2.24, 2.45) is 5.92 Å². The summed E-state index contributed by atoms with van der Waals surface area (Å²) >= 11 is 5.68. The van der Waals surface area contributed by atoms with Crippen LogP contribution in [0.3, 0.4) is 0 Å². The molecule has 1 saturated carbocycles. The van der Waals surface area contributed by atoms with Crippen LogP contribution in [0.1, 0.15) is 38.5 Å². The van der Waals surface area contributed by atoms with Gasteiger partial charge in [-0.05, 0) is 56.0 Å². The number of anilines is 1. The number of nitrogens with zero attached hydrogens (tertiary/aromatic N) is 1. The highest BCUT2D eigenvalue weighted by molar-refractivity contribution is 7.80. The molecule has 1 aliphatic heterocycles. The van der Waals surface area contributed by atoms with Gasteiger partial charge in [0.25, 0.3) is 0 Å². The average molecular weight is 304 g/mol. The van der Waals surface area contributed by atoms with Crippen LogP contribution in [0.25, 0.3) is 0 Å². The molecule has 21 heavy (non-hydrogen) atoms. The first-order valence-electron chi connectivity index (χ1n) is 7.99. The van der Waals surface area contributed by atoms with Crippen molar-refractivity contribution >= 4 is 23.0 Å². The minimum atomic E-state index is 0.651. The molecule has 1 aromatic carbocycles. The molecule has 3 rings (SSSR count). The van der Waals surface area contributed by atoms with E-state index in [4.69, 9.17) is 17.0 Å². The van der Waals surface area contributed by atoms with Gasteiger partial charge in [-0.15, -0.1) is 0 Å². The molecule has 3 nitrogen and oxygen atoms in total. The number of hydrogen-bond acceptors (Lipinski definition) is 2. The number of rotatable bonds is 2. The summed E-state index contributed by atoms with van der Waals surface area (Å²) in [6.07, 6.45) is 8.06. The second-order valence-electron chi connectivity index (χ2n) is 6.11. The van der Waals surface area contributed by atoms with Gasteiger partial charge in [0.1, 0.15) is 5.75 Å². The maximum atomic E-state index is 5.68. The maximum absolute atomic E-state index is 5.68. The quantitative estimate of drug-likeness (QED) is 0.833. The molecule has 4 heteroatoms. The van der Waals surface area contributed by atoms with E-state index in [0.29, 0.717) is 6.04 Å². The average Bonchev–Trinajstić information content (AvgIpc) is 2.54. The number of hydrogen-bond donors (Lipinski definition) is 1. The van der Waals surface area contributed by atoms with Gasteiger partial charge in [0.2, 0.25) is 0 Å². The fourth-order valence-corrected chi connectivity index (χ4v) is 4.12. The maximum Gasteiger partial charge on any atom is 0.173 e. The van der Waals surface area contributed by atoms with Gasteiger partial charge in [-0.3, -0.25) is 0 Å². The Balaban J connectivity index is 1.68. The van der Waals surface area contributed by atoms with E-state index in [1.807, 2.05) is 24.3 Å². The summed E-state index contributed by atoms with van der Waals surface area (Å²) in [7, 11) is 1.69. The third-order valence-electron chi connectivity index (χ3n) is 4.83. The van der Waals surface area contributed by atoms with Crippen LogP contribution in [-0.2, 0) is 0 Å². The molecule has 0 spiro atoms. The molecule has 0 radical (unpaired) electrons. The first kappa shape index (κ1) is 14.6. The van der Waals surface area contributed by atoms with Crippen molar-refractivity contribution in [2.45, 2.75) is 44.6 Å². The van der Waals surface area contributed by atoms with Crippen molar-refractivity contribution in [3.63, 3.8) is 0 Å². The first-order valence-corrected chi connectivity index (χ1v) is 8.40. The molecular formula is C17H24N2OS. The van der Waals surface area contributed by atoms with Gasteiger partial charge in [0, 0.05) is 24.3 Å². The molecule has 1 aromatic rings. The summed E-state index contributed by atoms with van der Waals surface area (Å²) in [5.41, 5.74) is 1.01. The predicted molar refractivity (Wildman–Crippen MR) is 90.9 cm³/mol. The van der Waals surface area contributed by atoms with Gasteiger partial charge in [-0.25, -0.2) is 0 Å². The standard InChI is InChI=1S/C17H24N2OS/c1-20-15-9-4-8-14(12-15)18-17(21)19-11-5-7-13-6-2-3-10-16(13)19/h4,8-9,12-13,16H,2-3,5-7,10-11H2,1H3,(H,18,21)/t13-,16+/m0/s1. The highest BCUT2D eigenvalue weighted by Gasteiger charge is 2.34. The molecule has 2 aliphatic rings. The van der Waals surface area contributed by atoms with E-state index in [0.717, 1.165) is 29.0 Å². The summed E-state index contributed by atoms with van der Waals surface area (Å²) in [4.78, 5) is 2.43. The Labute approximate surface area is 132 Å². The SMILES string of the molecule is COc1cccc(NC(=S)N2CCC[C@@H]3CCCC[C@H]32)c1. The minimum absolute atomic E-state index is 0.651. The van der Waals surface area contributed by atoms with Crippen LogP contribution in [0.4, 0.5) is 5.69 Å². The van der Waals surface area contributed by atoms with E-state index in [2.05, 4.69) is 10.2 Å². The second-order valence-corrected chi connectivity index (χ2v) is 6.50. The molecule has 0 bridgehead atoms. The minimum Gasteiger partial charge on any atom is -0.497 e. The number of methoxy groups -OCH3 is 1. The molecule has 1 N–H and O–H groups in total. The summed E-state index contributed by atoms with van der Waals surface area (Å²) in [5, 5.41) is 4.27. The van der Waals surface area contributed by atoms with E-state index in [1.165, 1.54) is 38.5 Å². The van der Waals surface area contributed by atoms with Crippen molar-refractivity contribution < 1.29 is 4.74 Å². The third kappa shape index (κ3) is 3.31. The Morgan fingerprint density at radius 3 is 2.90 bits per heavy atom. The highest BCUT2D eigenvalue weighted by atomic mass is 32.1. The Kier molecular flexibility index (Phi) is 4.63. The monoisotopic (exact) mass is 304 g/mol. The molecule has 1 aliphatic carbocycles. The molecule has 1 heterocycles. The predicted octanol–water partition coefficient (Wildman–Crippen LogP) is 4.05. The van der Waals surface area contributed by atoms with Crippen molar-refractivity contribution in [3.8, 4) is 5.75 Å². The summed E-state index contributed by atoms with van der Waals surface area (Å²) in [5.74, 6) is 1.70. The lowest BCUT2D eigenvalue weighted by Gasteiger charge is -2.45. The highest BCUT2D eigenvalue weighted by Crippen LogP contribution is 2.35. The molecule has 114 valence electrons. The molecule has 0 unspecified atom stereocenters. The van der Waals surface area contributed by atoms with E-state index in [1.54, 1.807) is 7.11 Å². The molecule has 2 fully saturated rings. The molecular weight excluding hydrogens is 280 g/mol. The van der Waals surface area contributed by atoms with E-state index in [-0.39, 0.29) is 0 Å². The number of nitrogens with one attached hydrogen (secondary N) is 1. The number of fused-ring (bicyclic) bond motifs is 1. The zero-order chi connectivity index (χ0) is 14.7. The summed E-state index contributed by atoms with van der Waals surface area (Å²) < 4.78 is 5.27. The number of ether oxygens (including phenoxy) is 1. The van der Waals surface area contributed by atoms with Crippen LogP contribution >= 0.6 is 12.2 Å². The van der Waals surface area contributed by atoms with Gasteiger partial charge in [-0.2, -0.15) is 0 Å². The summed E-state index contributed by atoms with van der Waals surface area (Å²) in [6, 6.07) is 8.62. The van der Waals surface area contributed by atoms with Crippen LogP contribution in [-0.4, -0.2) is 29.7 Å². The Hall–Kier alpha value is -1.29. The molecule has 2 atom stereocenters. The number of piperidine rings is 1. The van der Waals surface area contributed by atoms with Gasteiger partial charge in [-0.1, -0.05) is 18.9 Å². The Bertz CT molecular complexity index is 503. The molecule has 0 amide bonds. The van der Waals surface area contributed by atoms with Crippen LogP contribution in [0.15, 0.2) is 24.3 Å². The van der Waals surface area contributed by atoms with Gasteiger partial charge >= 0.3 is 0 Å². The van der Waals surface area contributed by atoms with Crippen LogP contribution < -0.4 is 10.1 Å². The van der Waals surface area contributed by atoms with Crippen molar-refractivity contribution in [2.75, 3.05) is 19.0 Å². The fraction of sp³-hybridized carbons (Fsp3) is 0.588. The first-order chi connectivity index (χ1) is 10.3. The molecule has 0 aromatic heterocycles. The topological polar surface area (TPSA) is 24.5 Å².